The van der Waals surface area contributed by atoms with Crippen LogP contribution in [0.5, 0.6) is 0 Å². The molecule has 0 bridgehead atoms. The largest absolute Gasteiger partial charge is 0.466 e. The molecule has 0 unspecified atom stereocenters. The van der Waals surface area contributed by atoms with Crippen molar-refractivity contribution in [1.82, 2.24) is 34.5 Å². The van der Waals surface area contributed by atoms with Gasteiger partial charge in [-0.25, -0.2) is 15.0 Å². The molecule has 11 nitrogen and oxygen atoms in total. The number of esters is 1. The summed E-state index contributed by atoms with van der Waals surface area (Å²) in [5, 5.41) is 4.14. The van der Waals surface area contributed by atoms with Gasteiger partial charge in [-0.1, -0.05) is 0 Å². The SMILES string of the molecule is CCOC(=O)[C@H]1CN(c2ncccn2)C[C@H]2CN(C(=O)c3ncn(C)n3)CCN2C1. The summed E-state index contributed by atoms with van der Waals surface area (Å²) < 4.78 is 6.83. The van der Waals surface area contributed by atoms with Gasteiger partial charge in [0.25, 0.3) is 5.91 Å². The molecule has 160 valence electrons. The minimum absolute atomic E-state index is 0.0367. The highest BCUT2D eigenvalue weighted by molar-refractivity contribution is 5.90. The van der Waals surface area contributed by atoms with E-state index in [-0.39, 0.29) is 29.7 Å². The van der Waals surface area contributed by atoms with Crippen molar-refractivity contribution in [3.05, 3.63) is 30.6 Å². The molecule has 1 amide bonds. The van der Waals surface area contributed by atoms with Crippen LogP contribution in [0.1, 0.15) is 17.5 Å². The summed E-state index contributed by atoms with van der Waals surface area (Å²) in [4.78, 5) is 44.3. The molecule has 0 spiro atoms. The molecule has 0 radical (unpaired) electrons. The number of hydrogen-bond acceptors (Lipinski definition) is 9. The van der Waals surface area contributed by atoms with Gasteiger partial charge in [0.2, 0.25) is 11.8 Å². The minimum Gasteiger partial charge on any atom is -0.466 e. The Balaban J connectivity index is 1.54. The fourth-order valence-corrected chi connectivity index (χ4v) is 4.03. The van der Waals surface area contributed by atoms with E-state index in [1.54, 1.807) is 30.4 Å². The normalized spacial score (nSPS) is 22.3. The number of piperazine rings is 1. The molecule has 30 heavy (non-hydrogen) atoms. The smallest absolute Gasteiger partial charge is 0.312 e. The van der Waals surface area contributed by atoms with Crippen LogP contribution >= 0.6 is 0 Å². The fraction of sp³-hybridized carbons (Fsp3) is 0.579. The monoisotopic (exact) mass is 414 g/mol. The van der Waals surface area contributed by atoms with Gasteiger partial charge in [-0.05, 0) is 13.0 Å². The lowest BCUT2D eigenvalue weighted by Gasteiger charge is -2.41. The van der Waals surface area contributed by atoms with E-state index >= 15 is 0 Å². The summed E-state index contributed by atoms with van der Waals surface area (Å²) in [5.41, 5.74) is 0. The van der Waals surface area contributed by atoms with E-state index < -0.39 is 0 Å². The highest BCUT2D eigenvalue weighted by Crippen LogP contribution is 2.22. The number of fused-ring (bicyclic) bond motifs is 1. The van der Waals surface area contributed by atoms with Crippen molar-refractivity contribution >= 4 is 17.8 Å². The van der Waals surface area contributed by atoms with E-state index in [1.807, 2.05) is 11.8 Å². The van der Waals surface area contributed by atoms with E-state index in [9.17, 15) is 9.59 Å². The van der Waals surface area contributed by atoms with E-state index in [0.29, 0.717) is 51.8 Å². The summed E-state index contributed by atoms with van der Waals surface area (Å²) in [7, 11) is 1.74. The molecule has 0 N–H and O–H groups in total. The molecule has 4 rings (SSSR count). The van der Waals surface area contributed by atoms with Crippen molar-refractivity contribution in [2.75, 3.05) is 50.8 Å². The second-order valence-electron chi connectivity index (χ2n) is 7.54. The molecule has 2 aliphatic rings. The van der Waals surface area contributed by atoms with Crippen LogP contribution in [-0.2, 0) is 16.6 Å². The first-order valence-electron chi connectivity index (χ1n) is 10.1. The number of carbonyl (C=O) groups is 2. The van der Waals surface area contributed by atoms with Crippen LogP contribution in [0.15, 0.2) is 24.8 Å². The number of amides is 1. The zero-order valence-corrected chi connectivity index (χ0v) is 17.2. The van der Waals surface area contributed by atoms with Crippen molar-refractivity contribution in [3.63, 3.8) is 0 Å². The lowest BCUT2D eigenvalue weighted by molar-refractivity contribution is -0.148. The number of ether oxygens (including phenoxy) is 1. The summed E-state index contributed by atoms with van der Waals surface area (Å²) in [5.74, 6) is 0.0772. The number of aromatic nitrogens is 5. The number of hydrogen-bond donors (Lipinski definition) is 0. The molecule has 2 aromatic rings. The lowest BCUT2D eigenvalue weighted by atomic mass is 10.1. The molecule has 2 aliphatic heterocycles. The van der Waals surface area contributed by atoms with Crippen molar-refractivity contribution in [2.24, 2.45) is 13.0 Å². The van der Waals surface area contributed by atoms with Crippen LogP contribution in [0.3, 0.4) is 0 Å². The Bertz CT molecular complexity index is 889. The van der Waals surface area contributed by atoms with Gasteiger partial charge >= 0.3 is 5.97 Å². The second-order valence-corrected chi connectivity index (χ2v) is 7.54. The summed E-state index contributed by atoms with van der Waals surface area (Å²) in [6.07, 6.45) is 4.90. The number of nitrogens with zero attached hydrogens (tertiary/aromatic N) is 8. The Hall–Kier alpha value is -3.08. The zero-order valence-electron chi connectivity index (χ0n) is 17.2. The van der Waals surface area contributed by atoms with Crippen molar-refractivity contribution in [3.8, 4) is 0 Å². The predicted octanol–water partition coefficient (Wildman–Crippen LogP) is -0.569. The Labute approximate surface area is 174 Å². The standard InChI is InChI=1S/C19H26N8O3/c1-3-30-18(29)14-9-25-7-8-26(17(28)16-22-13-24(2)23-16)11-15(25)12-27(10-14)19-20-5-4-6-21-19/h4-6,13-15H,3,7-12H2,1-2H3/t14-,15-/m1/s1. The molecule has 0 aliphatic carbocycles. The third kappa shape index (κ3) is 4.25. The van der Waals surface area contributed by atoms with Crippen LogP contribution in [0.4, 0.5) is 5.95 Å². The highest BCUT2D eigenvalue weighted by Gasteiger charge is 2.39. The molecular formula is C19H26N8O3. The van der Waals surface area contributed by atoms with Crippen molar-refractivity contribution in [2.45, 2.75) is 13.0 Å². The third-order valence-electron chi connectivity index (χ3n) is 5.46. The quantitative estimate of drug-likeness (QED) is 0.608. The first-order chi connectivity index (χ1) is 14.5. The Morgan fingerprint density at radius 1 is 1.10 bits per heavy atom. The molecule has 0 aromatic carbocycles. The van der Waals surface area contributed by atoms with Crippen LogP contribution in [0.25, 0.3) is 0 Å². The summed E-state index contributed by atoms with van der Waals surface area (Å²) >= 11 is 0. The lowest BCUT2D eigenvalue weighted by Crippen LogP contribution is -2.57. The first-order valence-corrected chi connectivity index (χ1v) is 10.1. The summed E-state index contributed by atoms with van der Waals surface area (Å²) in [6, 6.07) is 1.80. The highest BCUT2D eigenvalue weighted by atomic mass is 16.5. The number of carbonyl (C=O) groups excluding carboxylic acids is 2. The maximum Gasteiger partial charge on any atom is 0.312 e. The zero-order chi connectivity index (χ0) is 21.1. The molecule has 2 atom stereocenters. The number of aryl methyl sites for hydroxylation is 1. The average Bonchev–Trinajstić information content (AvgIpc) is 3.10. The molecule has 4 heterocycles. The van der Waals surface area contributed by atoms with Crippen LogP contribution in [0.2, 0.25) is 0 Å². The fourth-order valence-electron chi connectivity index (χ4n) is 4.03. The molecule has 2 aromatic heterocycles. The van der Waals surface area contributed by atoms with Crippen molar-refractivity contribution < 1.29 is 14.3 Å². The van der Waals surface area contributed by atoms with Gasteiger partial charge in [0, 0.05) is 64.8 Å². The Morgan fingerprint density at radius 2 is 1.90 bits per heavy atom. The molecular weight excluding hydrogens is 388 g/mol. The van der Waals surface area contributed by atoms with Crippen molar-refractivity contribution in [1.29, 1.82) is 0 Å². The molecule has 11 heteroatoms. The van der Waals surface area contributed by atoms with E-state index in [4.69, 9.17) is 4.74 Å². The Morgan fingerprint density at radius 3 is 2.60 bits per heavy atom. The maximum atomic E-state index is 12.8. The van der Waals surface area contributed by atoms with E-state index in [1.165, 1.54) is 11.0 Å². The van der Waals surface area contributed by atoms with Crippen LogP contribution < -0.4 is 4.90 Å². The number of rotatable bonds is 4. The van der Waals surface area contributed by atoms with Gasteiger partial charge < -0.3 is 14.5 Å². The average molecular weight is 414 g/mol. The molecule has 2 fully saturated rings. The summed E-state index contributed by atoms with van der Waals surface area (Å²) in [6.45, 7) is 5.58. The van der Waals surface area contributed by atoms with E-state index in [2.05, 4.69) is 25.0 Å². The van der Waals surface area contributed by atoms with Gasteiger partial charge in [0.15, 0.2) is 0 Å². The molecule has 2 saturated heterocycles. The van der Waals surface area contributed by atoms with Gasteiger partial charge in [0.05, 0.1) is 12.5 Å². The van der Waals surface area contributed by atoms with Gasteiger partial charge in [-0.3, -0.25) is 19.2 Å². The van der Waals surface area contributed by atoms with Gasteiger partial charge in [0.1, 0.15) is 6.33 Å². The third-order valence-corrected chi connectivity index (χ3v) is 5.46. The topological polar surface area (TPSA) is 110 Å². The Kier molecular flexibility index (Phi) is 5.88. The van der Waals surface area contributed by atoms with E-state index in [0.717, 1.165) is 0 Å². The van der Waals surface area contributed by atoms with Crippen LogP contribution in [0, 0.1) is 5.92 Å². The number of anilines is 1. The maximum absolute atomic E-state index is 12.8. The van der Waals surface area contributed by atoms with Crippen LogP contribution in [-0.4, -0.2) is 98.3 Å². The van der Waals surface area contributed by atoms with Gasteiger partial charge in [-0.2, -0.15) is 0 Å². The second kappa shape index (κ2) is 8.74. The first kappa shape index (κ1) is 20.2. The van der Waals surface area contributed by atoms with Gasteiger partial charge in [-0.15, -0.1) is 5.10 Å². The minimum atomic E-state index is -0.307. The molecule has 0 saturated carbocycles. The predicted molar refractivity (Wildman–Crippen MR) is 107 cm³/mol.